The van der Waals surface area contributed by atoms with Crippen molar-refractivity contribution in [3.05, 3.63) is 0 Å². The fraction of sp³-hybridized carbons (Fsp3) is 1.00. The van der Waals surface area contributed by atoms with E-state index in [-0.39, 0.29) is 0 Å². The van der Waals surface area contributed by atoms with E-state index in [1.165, 1.54) is 7.11 Å². The molecule has 0 heterocycles. The second-order valence-electron chi connectivity index (χ2n) is 2.95. The van der Waals surface area contributed by atoms with Gasteiger partial charge in [-0.25, -0.2) is 0 Å². The van der Waals surface area contributed by atoms with Crippen LogP contribution in [-0.4, -0.2) is 24.8 Å². The predicted octanol–water partition coefficient (Wildman–Crippen LogP) is 1.81. The summed E-state index contributed by atoms with van der Waals surface area (Å²) in [6.45, 7) is 6.45. The molecule has 0 aliphatic carbocycles. The first-order valence-electron chi connectivity index (χ1n) is 3.95. The van der Waals surface area contributed by atoms with Crippen LogP contribution in [0, 0.1) is 5.92 Å². The molecule has 0 aromatic heterocycles. The van der Waals surface area contributed by atoms with Crippen LogP contribution in [0.25, 0.3) is 0 Å². The summed E-state index contributed by atoms with van der Waals surface area (Å²) in [4.78, 5) is 9.68. The number of hydrogen-bond acceptors (Lipinski definition) is 3. The van der Waals surface area contributed by atoms with Crippen LogP contribution in [0.4, 0.5) is 0 Å². The van der Waals surface area contributed by atoms with Crippen LogP contribution in [0.1, 0.15) is 20.8 Å². The molecule has 0 saturated heterocycles. The van der Waals surface area contributed by atoms with Crippen LogP contribution in [0.2, 0.25) is 0 Å². The van der Waals surface area contributed by atoms with E-state index in [1.54, 1.807) is 0 Å². The van der Waals surface area contributed by atoms with E-state index in [1.807, 2.05) is 20.8 Å². The Morgan fingerprint density at radius 2 is 2.00 bits per heavy atom. The van der Waals surface area contributed by atoms with E-state index in [0.29, 0.717) is 18.7 Å². The standard InChI is InChI=1S/C7H19O3P/c1-5-10-11(8,9-4)6-7(2)3/h7-8,11H,5-6H2,1-4H3. The van der Waals surface area contributed by atoms with Crippen molar-refractivity contribution in [1.82, 2.24) is 0 Å². The van der Waals surface area contributed by atoms with E-state index in [4.69, 9.17) is 9.05 Å². The van der Waals surface area contributed by atoms with Gasteiger partial charge in [-0.2, -0.15) is 0 Å². The molecule has 11 heavy (non-hydrogen) atoms. The van der Waals surface area contributed by atoms with Crippen LogP contribution in [0.5, 0.6) is 0 Å². The molecule has 0 atom stereocenters. The number of hydrogen-bond donors (Lipinski definition) is 1. The monoisotopic (exact) mass is 182 g/mol. The van der Waals surface area contributed by atoms with Gasteiger partial charge in [0.2, 0.25) is 0 Å². The topological polar surface area (TPSA) is 38.7 Å². The molecule has 0 fully saturated rings. The molecule has 0 aliphatic heterocycles. The summed E-state index contributed by atoms with van der Waals surface area (Å²) in [6.07, 6.45) is 0.636. The van der Waals surface area contributed by atoms with Gasteiger partial charge in [-0.05, 0) is 0 Å². The zero-order chi connectivity index (χ0) is 8.91. The first kappa shape index (κ1) is 11.3. The Kier molecular flexibility index (Phi) is 5.19. The molecule has 0 aromatic rings. The Labute approximate surface area is 69.3 Å². The van der Waals surface area contributed by atoms with Gasteiger partial charge in [0.1, 0.15) is 0 Å². The van der Waals surface area contributed by atoms with Crippen molar-refractivity contribution < 1.29 is 13.9 Å². The van der Waals surface area contributed by atoms with Crippen molar-refractivity contribution in [2.75, 3.05) is 19.9 Å². The van der Waals surface area contributed by atoms with Crippen LogP contribution >= 0.6 is 7.94 Å². The summed E-state index contributed by atoms with van der Waals surface area (Å²) >= 11 is 0. The van der Waals surface area contributed by atoms with Crippen LogP contribution < -0.4 is 0 Å². The maximum absolute atomic E-state index is 9.68. The Morgan fingerprint density at radius 1 is 1.45 bits per heavy atom. The molecule has 0 saturated carbocycles. The van der Waals surface area contributed by atoms with Crippen molar-refractivity contribution in [1.29, 1.82) is 0 Å². The molecule has 0 spiro atoms. The Morgan fingerprint density at radius 3 is 2.27 bits per heavy atom. The fourth-order valence-electron chi connectivity index (χ4n) is 0.943. The van der Waals surface area contributed by atoms with Crippen molar-refractivity contribution in [3.63, 3.8) is 0 Å². The van der Waals surface area contributed by atoms with Crippen molar-refractivity contribution in [2.24, 2.45) is 5.92 Å². The molecule has 1 N–H and O–H groups in total. The summed E-state index contributed by atoms with van der Waals surface area (Å²) in [6, 6.07) is 0. The van der Waals surface area contributed by atoms with Gasteiger partial charge in [0, 0.05) is 0 Å². The minimum absolute atomic E-state index is 0.415. The van der Waals surface area contributed by atoms with Gasteiger partial charge < -0.3 is 0 Å². The molecule has 0 radical (unpaired) electrons. The SMILES string of the molecule is CCO[PH](O)(CC(C)C)OC. The third kappa shape index (κ3) is 4.70. The summed E-state index contributed by atoms with van der Waals surface area (Å²) < 4.78 is 10.1. The third-order valence-corrected chi connectivity index (χ3v) is 4.07. The second-order valence-corrected chi connectivity index (χ2v) is 5.48. The summed E-state index contributed by atoms with van der Waals surface area (Å²) in [5.74, 6) is 0.415. The van der Waals surface area contributed by atoms with Gasteiger partial charge in [0.25, 0.3) is 0 Å². The van der Waals surface area contributed by atoms with Crippen LogP contribution in [0.3, 0.4) is 0 Å². The summed E-state index contributed by atoms with van der Waals surface area (Å²) in [5.41, 5.74) is 0. The van der Waals surface area contributed by atoms with Crippen molar-refractivity contribution >= 4 is 7.94 Å². The van der Waals surface area contributed by atoms with Crippen molar-refractivity contribution in [2.45, 2.75) is 20.8 Å². The molecule has 0 bridgehead atoms. The van der Waals surface area contributed by atoms with E-state index in [2.05, 4.69) is 0 Å². The molecule has 3 nitrogen and oxygen atoms in total. The fourth-order valence-corrected chi connectivity index (χ4v) is 2.83. The summed E-state index contributed by atoms with van der Waals surface area (Å²) in [7, 11) is -1.28. The molecule has 0 amide bonds. The average molecular weight is 182 g/mol. The molecule has 0 rings (SSSR count). The van der Waals surface area contributed by atoms with Crippen LogP contribution in [-0.2, 0) is 9.05 Å². The summed E-state index contributed by atoms with van der Waals surface area (Å²) in [5, 5.41) is 0. The minimum atomic E-state index is -2.79. The molecular formula is C7H19O3P. The quantitative estimate of drug-likeness (QED) is 0.659. The number of rotatable bonds is 5. The maximum atomic E-state index is 9.68. The molecule has 70 valence electrons. The molecule has 0 aliphatic rings. The van der Waals surface area contributed by atoms with E-state index in [9.17, 15) is 4.89 Å². The predicted molar refractivity (Wildman–Crippen MR) is 48.9 cm³/mol. The first-order chi connectivity index (χ1) is 5.04. The first-order valence-corrected chi connectivity index (χ1v) is 5.92. The van der Waals surface area contributed by atoms with Gasteiger partial charge in [-0.3, -0.25) is 0 Å². The molecule has 0 aromatic carbocycles. The van der Waals surface area contributed by atoms with Gasteiger partial charge in [-0.1, -0.05) is 0 Å². The van der Waals surface area contributed by atoms with Gasteiger partial charge in [0.05, 0.1) is 0 Å². The normalized spacial score (nSPS) is 14.0. The third-order valence-electron chi connectivity index (χ3n) is 1.36. The van der Waals surface area contributed by atoms with Gasteiger partial charge in [-0.15, -0.1) is 0 Å². The zero-order valence-electron chi connectivity index (χ0n) is 7.76. The van der Waals surface area contributed by atoms with Gasteiger partial charge >= 0.3 is 68.5 Å². The van der Waals surface area contributed by atoms with E-state index < -0.39 is 7.94 Å². The Balaban J connectivity index is 3.87. The molecule has 0 unspecified atom stereocenters. The Bertz CT molecular complexity index is 108. The van der Waals surface area contributed by atoms with Crippen molar-refractivity contribution in [3.8, 4) is 0 Å². The second kappa shape index (κ2) is 5.04. The zero-order valence-corrected chi connectivity index (χ0v) is 8.76. The van der Waals surface area contributed by atoms with Gasteiger partial charge in [0.15, 0.2) is 0 Å². The van der Waals surface area contributed by atoms with E-state index in [0.717, 1.165) is 0 Å². The average Bonchev–Trinajstić information content (AvgIpc) is 1.87. The van der Waals surface area contributed by atoms with Crippen LogP contribution in [0.15, 0.2) is 0 Å². The molecular weight excluding hydrogens is 163 g/mol. The van der Waals surface area contributed by atoms with E-state index >= 15 is 0 Å². The molecule has 4 heteroatoms. The Hall–Kier alpha value is 0.310.